The lowest BCUT2D eigenvalue weighted by atomic mass is 10.1. The maximum atomic E-state index is 14.8. The van der Waals surface area contributed by atoms with Gasteiger partial charge in [0, 0.05) is 47.9 Å². The van der Waals surface area contributed by atoms with E-state index in [2.05, 4.69) is 15.3 Å². The second kappa shape index (κ2) is 17.0. The molecule has 1 amide bonds. The Morgan fingerprint density at radius 2 is 1.15 bits per heavy atom. The first kappa shape index (κ1) is 38.1. The highest BCUT2D eigenvalue weighted by atomic mass is 19.1. The smallest absolute Gasteiger partial charge is 0.287 e. The van der Waals surface area contributed by atoms with Crippen LogP contribution in [0.4, 0.5) is 14.5 Å². The SMILES string of the molecule is Cc1cc2nccc(Oc3ccc(CC(=O)C(=O)NCCc4ccccc4)cc3F)c2cc1C.Cc1cc2nccc(Oc3ccc(N)cc3F)c2cc1C. The largest absolute Gasteiger partial charge is 0.454 e. The number of aryl methyl sites for hydroxylation is 4. The fraction of sp³-hybridized carbons (Fsp3) is 0.156. The lowest BCUT2D eigenvalue weighted by molar-refractivity contribution is -0.137. The monoisotopic (exact) mass is 738 g/mol. The van der Waals surface area contributed by atoms with Crippen LogP contribution in [0.2, 0.25) is 0 Å². The topological polar surface area (TPSA) is 116 Å². The molecule has 0 aliphatic carbocycles. The minimum absolute atomic E-state index is 0.0363. The van der Waals surface area contributed by atoms with Crippen LogP contribution in [-0.4, -0.2) is 28.2 Å². The Kier molecular flexibility index (Phi) is 11.8. The van der Waals surface area contributed by atoms with Crippen LogP contribution in [0, 0.1) is 39.3 Å². The third-order valence-corrected chi connectivity index (χ3v) is 9.19. The number of hydrogen-bond donors (Lipinski definition) is 2. The molecule has 0 bridgehead atoms. The number of rotatable bonds is 10. The molecule has 0 radical (unpaired) electrons. The second-order valence-corrected chi connectivity index (χ2v) is 13.3. The first-order chi connectivity index (χ1) is 26.4. The summed E-state index contributed by atoms with van der Waals surface area (Å²) in [7, 11) is 0. The van der Waals surface area contributed by atoms with E-state index >= 15 is 0 Å². The second-order valence-electron chi connectivity index (χ2n) is 13.3. The number of nitrogens with zero attached hydrogens (tertiary/aromatic N) is 2. The summed E-state index contributed by atoms with van der Waals surface area (Å²) in [5.74, 6) is -1.13. The lowest BCUT2D eigenvalue weighted by Crippen LogP contribution is -2.33. The summed E-state index contributed by atoms with van der Waals surface area (Å²) in [6, 6.07) is 29.7. The number of hydrogen-bond acceptors (Lipinski definition) is 7. The highest BCUT2D eigenvalue weighted by Gasteiger charge is 2.17. The summed E-state index contributed by atoms with van der Waals surface area (Å²) in [5, 5.41) is 4.27. The van der Waals surface area contributed by atoms with Gasteiger partial charge in [-0.25, -0.2) is 8.78 Å². The fourth-order valence-corrected chi connectivity index (χ4v) is 5.84. The van der Waals surface area contributed by atoms with Crippen LogP contribution in [0.1, 0.15) is 33.4 Å². The normalized spacial score (nSPS) is 10.8. The number of amides is 1. The standard InChI is InChI=1S/C28H25FN2O3.C17H15FN2O/c1-18-14-22-24(15-19(18)2)30-13-11-26(22)34-27-9-8-21(16-23(27)29)17-25(32)28(33)31-12-10-20-6-4-3-5-7-20;1-10-7-13-15(8-11(10)2)20-6-5-16(13)21-17-4-3-12(19)9-14(17)18/h3-9,11,13-16H,10,12,17H2,1-2H3,(H,31,33);3-9H,19H2,1-2H3. The molecule has 278 valence electrons. The van der Waals surface area contributed by atoms with Crippen molar-refractivity contribution in [3.05, 3.63) is 161 Å². The number of anilines is 1. The molecule has 0 atom stereocenters. The number of carbonyl (C=O) groups is 2. The maximum absolute atomic E-state index is 14.8. The van der Waals surface area contributed by atoms with Gasteiger partial charge < -0.3 is 20.5 Å². The molecule has 7 rings (SSSR count). The summed E-state index contributed by atoms with van der Waals surface area (Å²) in [4.78, 5) is 33.1. The molecule has 0 aliphatic heterocycles. The summed E-state index contributed by atoms with van der Waals surface area (Å²) in [6.45, 7) is 8.41. The van der Waals surface area contributed by atoms with Crippen LogP contribution < -0.4 is 20.5 Å². The van der Waals surface area contributed by atoms with Gasteiger partial charge in [0.25, 0.3) is 5.91 Å². The van der Waals surface area contributed by atoms with Gasteiger partial charge in [-0.3, -0.25) is 19.6 Å². The van der Waals surface area contributed by atoms with Gasteiger partial charge in [-0.05, 0) is 128 Å². The van der Waals surface area contributed by atoms with E-state index in [-0.39, 0.29) is 17.9 Å². The maximum Gasteiger partial charge on any atom is 0.287 e. The molecule has 0 fully saturated rings. The van der Waals surface area contributed by atoms with Gasteiger partial charge >= 0.3 is 0 Å². The Labute approximate surface area is 318 Å². The van der Waals surface area contributed by atoms with E-state index < -0.39 is 23.3 Å². The number of nitrogens with two attached hydrogens (primary N) is 1. The van der Waals surface area contributed by atoms with Crippen molar-refractivity contribution in [2.75, 3.05) is 12.3 Å². The molecule has 0 saturated carbocycles. The first-order valence-corrected chi connectivity index (χ1v) is 17.7. The number of benzene rings is 5. The summed E-state index contributed by atoms with van der Waals surface area (Å²) >= 11 is 0. The molecule has 7 aromatic rings. The van der Waals surface area contributed by atoms with Crippen LogP contribution in [0.5, 0.6) is 23.0 Å². The minimum atomic E-state index is -0.675. The van der Waals surface area contributed by atoms with Crippen LogP contribution in [0.3, 0.4) is 0 Å². The van der Waals surface area contributed by atoms with Crippen molar-refractivity contribution in [1.29, 1.82) is 0 Å². The average Bonchev–Trinajstić information content (AvgIpc) is 3.16. The highest BCUT2D eigenvalue weighted by molar-refractivity contribution is 6.36. The average molecular weight is 739 g/mol. The Morgan fingerprint density at radius 3 is 1.69 bits per heavy atom. The molecule has 0 unspecified atom stereocenters. The van der Waals surface area contributed by atoms with E-state index in [1.165, 1.54) is 24.3 Å². The lowest BCUT2D eigenvalue weighted by Gasteiger charge is -2.12. The third-order valence-electron chi connectivity index (χ3n) is 9.19. The van der Waals surface area contributed by atoms with Gasteiger partial charge in [-0.15, -0.1) is 0 Å². The van der Waals surface area contributed by atoms with Crippen LogP contribution >= 0.6 is 0 Å². The summed E-state index contributed by atoms with van der Waals surface area (Å²) in [6.07, 6.45) is 3.71. The van der Waals surface area contributed by atoms with Crippen LogP contribution in [0.25, 0.3) is 21.8 Å². The van der Waals surface area contributed by atoms with E-state index in [1.807, 2.05) is 82.3 Å². The van der Waals surface area contributed by atoms with Gasteiger partial charge in [-0.1, -0.05) is 36.4 Å². The Hall–Kier alpha value is -6.68. The van der Waals surface area contributed by atoms with Crippen molar-refractivity contribution in [3.63, 3.8) is 0 Å². The van der Waals surface area contributed by atoms with E-state index in [9.17, 15) is 18.4 Å². The van der Waals surface area contributed by atoms with E-state index in [0.717, 1.165) is 49.6 Å². The number of carbonyl (C=O) groups excluding carboxylic acids is 2. The predicted molar refractivity (Wildman–Crippen MR) is 212 cm³/mol. The fourth-order valence-electron chi connectivity index (χ4n) is 5.84. The molecule has 3 N–H and O–H groups in total. The van der Waals surface area contributed by atoms with Gasteiger partial charge in [-0.2, -0.15) is 0 Å². The van der Waals surface area contributed by atoms with Crippen molar-refractivity contribution >= 4 is 39.2 Å². The van der Waals surface area contributed by atoms with Crippen molar-refractivity contribution in [2.45, 2.75) is 40.5 Å². The molecule has 0 spiro atoms. The Balaban J connectivity index is 0.000000209. The number of pyridine rings is 2. The molecule has 0 saturated heterocycles. The van der Waals surface area contributed by atoms with Crippen LogP contribution in [-0.2, 0) is 22.4 Å². The molecule has 5 aromatic carbocycles. The molecule has 10 heteroatoms. The Bertz CT molecular complexity index is 2520. The number of Topliss-reactive ketones (excluding diaryl/α,β-unsaturated/α-hetero) is 1. The molecular formula is C45H40F2N4O4. The zero-order valence-corrected chi connectivity index (χ0v) is 31.0. The zero-order chi connectivity index (χ0) is 39.1. The van der Waals surface area contributed by atoms with E-state index in [4.69, 9.17) is 15.2 Å². The zero-order valence-electron chi connectivity index (χ0n) is 31.0. The van der Waals surface area contributed by atoms with Crippen molar-refractivity contribution in [2.24, 2.45) is 0 Å². The number of aromatic nitrogens is 2. The van der Waals surface area contributed by atoms with Crippen LogP contribution in [0.15, 0.2) is 116 Å². The van der Waals surface area contributed by atoms with Gasteiger partial charge in [0.2, 0.25) is 5.78 Å². The summed E-state index contributed by atoms with van der Waals surface area (Å²) < 4.78 is 40.2. The molecular weight excluding hydrogens is 699 g/mol. The molecule has 2 heterocycles. The van der Waals surface area contributed by atoms with Gasteiger partial charge in [0.15, 0.2) is 23.1 Å². The van der Waals surface area contributed by atoms with Crippen molar-refractivity contribution in [3.8, 4) is 23.0 Å². The number of ether oxygens (including phenoxy) is 2. The van der Waals surface area contributed by atoms with Crippen molar-refractivity contribution < 1.29 is 27.8 Å². The quantitative estimate of drug-likeness (QED) is 0.106. The Morgan fingerprint density at radius 1 is 0.618 bits per heavy atom. The first-order valence-electron chi connectivity index (χ1n) is 17.7. The third kappa shape index (κ3) is 9.47. The summed E-state index contributed by atoms with van der Waals surface area (Å²) in [5.41, 5.74) is 13.5. The molecule has 0 aliphatic rings. The molecule has 2 aromatic heterocycles. The molecule has 55 heavy (non-hydrogen) atoms. The number of halogens is 2. The van der Waals surface area contributed by atoms with E-state index in [1.54, 1.807) is 36.7 Å². The number of nitrogen functional groups attached to an aromatic ring is 1. The number of nitrogens with one attached hydrogen (secondary N) is 1. The van der Waals surface area contributed by atoms with Gasteiger partial charge in [0.1, 0.15) is 11.5 Å². The van der Waals surface area contributed by atoms with Gasteiger partial charge in [0.05, 0.1) is 11.0 Å². The predicted octanol–water partition coefficient (Wildman–Crippen LogP) is 9.62. The molecule has 8 nitrogen and oxygen atoms in total. The van der Waals surface area contributed by atoms with E-state index in [0.29, 0.717) is 35.7 Å². The van der Waals surface area contributed by atoms with Crippen molar-refractivity contribution in [1.82, 2.24) is 15.3 Å². The highest BCUT2D eigenvalue weighted by Crippen LogP contribution is 2.33. The minimum Gasteiger partial charge on any atom is -0.454 e. The number of ketones is 1. The number of fused-ring (bicyclic) bond motifs is 2.